The Morgan fingerprint density at radius 1 is 1.55 bits per heavy atom. The van der Waals surface area contributed by atoms with Crippen molar-refractivity contribution in [1.29, 1.82) is 0 Å². The molecule has 1 aromatic carbocycles. The summed E-state index contributed by atoms with van der Waals surface area (Å²) in [7, 11) is 0. The number of hydrogen-bond donors (Lipinski definition) is 0. The minimum atomic E-state index is -0.365. The third-order valence-corrected chi connectivity index (χ3v) is 1.30. The van der Waals surface area contributed by atoms with E-state index < -0.39 is 0 Å². The van der Waals surface area contributed by atoms with E-state index in [9.17, 15) is 4.39 Å². The first kappa shape index (κ1) is 7.79. The second-order valence-electron chi connectivity index (χ2n) is 2.22. The van der Waals surface area contributed by atoms with Crippen LogP contribution in [-0.4, -0.2) is 0 Å². The van der Waals surface area contributed by atoms with Gasteiger partial charge in [-0.15, -0.1) is 0 Å². The molecule has 2 heteroatoms. The molecule has 0 radical (unpaired) electrons. The largest absolute Gasteiger partial charge is 0.463 e. The van der Waals surface area contributed by atoms with Crippen LogP contribution in [0.2, 0.25) is 0 Å². The molecule has 0 amide bonds. The number of rotatable bonds is 2. The Morgan fingerprint density at radius 2 is 2.27 bits per heavy atom. The molecule has 0 fully saturated rings. The highest BCUT2D eigenvalue weighted by atomic mass is 19.1. The molecule has 0 unspecified atom stereocenters. The standard InChI is InChI=1S/C9H9FO/c1-3-11-9-6-7(2)4-5-8(9)10/h3-6H,1H2,2H3. The molecule has 0 saturated heterocycles. The summed E-state index contributed by atoms with van der Waals surface area (Å²) >= 11 is 0. The van der Waals surface area contributed by atoms with Gasteiger partial charge in [-0.2, -0.15) is 0 Å². The zero-order chi connectivity index (χ0) is 8.27. The lowest BCUT2D eigenvalue weighted by atomic mass is 10.2. The molecule has 0 saturated carbocycles. The first-order valence-electron chi connectivity index (χ1n) is 3.28. The first-order chi connectivity index (χ1) is 5.24. The van der Waals surface area contributed by atoms with E-state index in [1.807, 2.05) is 6.92 Å². The monoisotopic (exact) mass is 152 g/mol. The van der Waals surface area contributed by atoms with E-state index in [2.05, 4.69) is 6.58 Å². The number of aryl methyl sites for hydroxylation is 1. The van der Waals surface area contributed by atoms with Gasteiger partial charge in [-0.25, -0.2) is 4.39 Å². The van der Waals surface area contributed by atoms with Crippen LogP contribution in [0.4, 0.5) is 4.39 Å². The van der Waals surface area contributed by atoms with Gasteiger partial charge in [0.15, 0.2) is 11.6 Å². The summed E-state index contributed by atoms with van der Waals surface area (Å²) in [6.45, 7) is 5.21. The fraction of sp³-hybridized carbons (Fsp3) is 0.111. The lowest BCUT2D eigenvalue weighted by molar-refractivity contribution is 0.442. The third-order valence-electron chi connectivity index (χ3n) is 1.30. The normalized spacial score (nSPS) is 9.27. The second kappa shape index (κ2) is 3.19. The van der Waals surface area contributed by atoms with Gasteiger partial charge in [0.2, 0.25) is 0 Å². The summed E-state index contributed by atoms with van der Waals surface area (Å²) in [5.74, 6) is -0.143. The number of halogens is 1. The second-order valence-corrected chi connectivity index (χ2v) is 2.22. The van der Waals surface area contributed by atoms with Crippen LogP contribution in [0.25, 0.3) is 0 Å². The van der Waals surface area contributed by atoms with E-state index in [0.29, 0.717) is 0 Å². The molecule has 0 heterocycles. The van der Waals surface area contributed by atoms with Crippen molar-refractivity contribution in [2.45, 2.75) is 6.92 Å². The van der Waals surface area contributed by atoms with E-state index in [1.165, 1.54) is 12.3 Å². The van der Waals surface area contributed by atoms with Crippen LogP contribution >= 0.6 is 0 Å². The van der Waals surface area contributed by atoms with Crippen LogP contribution in [0.1, 0.15) is 5.56 Å². The summed E-state index contributed by atoms with van der Waals surface area (Å²) in [5.41, 5.74) is 0.961. The Bertz CT molecular complexity index is 268. The quantitative estimate of drug-likeness (QED) is 0.592. The summed E-state index contributed by atoms with van der Waals surface area (Å²) < 4.78 is 17.6. The predicted molar refractivity (Wildman–Crippen MR) is 42.0 cm³/mol. The van der Waals surface area contributed by atoms with E-state index in [4.69, 9.17) is 4.74 Å². The lowest BCUT2D eigenvalue weighted by Crippen LogP contribution is -1.86. The number of hydrogen-bond acceptors (Lipinski definition) is 1. The fourth-order valence-corrected chi connectivity index (χ4v) is 0.791. The molecular weight excluding hydrogens is 143 g/mol. The molecule has 0 atom stereocenters. The van der Waals surface area contributed by atoms with E-state index >= 15 is 0 Å². The third kappa shape index (κ3) is 1.80. The summed E-state index contributed by atoms with van der Waals surface area (Å²) in [4.78, 5) is 0. The van der Waals surface area contributed by atoms with Crippen LogP contribution in [0.3, 0.4) is 0 Å². The van der Waals surface area contributed by atoms with E-state index in [0.717, 1.165) is 5.56 Å². The van der Waals surface area contributed by atoms with Crippen LogP contribution < -0.4 is 4.74 Å². The highest BCUT2D eigenvalue weighted by Gasteiger charge is 2.00. The lowest BCUT2D eigenvalue weighted by Gasteiger charge is -2.01. The van der Waals surface area contributed by atoms with Crippen molar-refractivity contribution in [2.75, 3.05) is 0 Å². The molecule has 1 aromatic rings. The van der Waals surface area contributed by atoms with Gasteiger partial charge in [0.05, 0.1) is 6.26 Å². The Hall–Kier alpha value is -1.31. The number of benzene rings is 1. The Morgan fingerprint density at radius 3 is 2.91 bits per heavy atom. The molecule has 1 rings (SSSR count). The molecule has 0 aliphatic rings. The molecule has 1 nitrogen and oxygen atoms in total. The van der Waals surface area contributed by atoms with Crippen LogP contribution in [0.5, 0.6) is 5.75 Å². The fourth-order valence-electron chi connectivity index (χ4n) is 0.791. The predicted octanol–water partition coefficient (Wildman–Crippen LogP) is 2.66. The van der Waals surface area contributed by atoms with Crippen molar-refractivity contribution in [3.63, 3.8) is 0 Å². The van der Waals surface area contributed by atoms with E-state index in [-0.39, 0.29) is 11.6 Å². The van der Waals surface area contributed by atoms with Crippen molar-refractivity contribution in [2.24, 2.45) is 0 Å². The minimum Gasteiger partial charge on any atom is -0.463 e. The van der Waals surface area contributed by atoms with Crippen molar-refractivity contribution in [1.82, 2.24) is 0 Å². The van der Waals surface area contributed by atoms with Crippen molar-refractivity contribution >= 4 is 0 Å². The zero-order valence-electron chi connectivity index (χ0n) is 6.30. The maximum Gasteiger partial charge on any atom is 0.165 e. The van der Waals surface area contributed by atoms with Crippen LogP contribution in [-0.2, 0) is 0 Å². The smallest absolute Gasteiger partial charge is 0.165 e. The zero-order valence-corrected chi connectivity index (χ0v) is 6.30. The molecule has 0 aromatic heterocycles. The Labute approximate surface area is 65.1 Å². The molecule has 0 aliphatic carbocycles. The first-order valence-corrected chi connectivity index (χ1v) is 3.28. The van der Waals surface area contributed by atoms with Gasteiger partial charge in [-0.3, -0.25) is 0 Å². The molecule has 0 aliphatic heterocycles. The van der Waals surface area contributed by atoms with Gasteiger partial charge in [-0.1, -0.05) is 12.6 Å². The number of ether oxygens (including phenoxy) is 1. The maximum absolute atomic E-state index is 12.8. The SMILES string of the molecule is C=COc1cc(C)ccc1F. The summed E-state index contributed by atoms with van der Waals surface area (Å²) in [6.07, 6.45) is 1.21. The van der Waals surface area contributed by atoms with Crippen LogP contribution in [0.15, 0.2) is 31.0 Å². The highest BCUT2D eigenvalue weighted by molar-refractivity contribution is 5.29. The average molecular weight is 152 g/mol. The topological polar surface area (TPSA) is 9.23 Å². The van der Waals surface area contributed by atoms with Crippen LogP contribution in [0, 0.1) is 12.7 Å². The molecule has 11 heavy (non-hydrogen) atoms. The molecular formula is C9H9FO. The Balaban J connectivity index is 3.01. The Kier molecular flexibility index (Phi) is 2.26. The summed E-state index contributed by atoms with van der Waals surface area (Å²) in [6, 6.07) is 4.68. The van der Waals surface area contributed by atoms with Gasteiger partial charge in [0, 0.05) is 0 Å². The van der Waals surface area contributed by atoms with Gasteiger partial charge in [-0.05, 0) is 24.6 Å². The van der Waals surface area contributed by atoms with Crippen molar-refractivity contribution in [3.8, 4) is 5.75 Å². The van der Waals surface area contributed by atoms with Crippen molar-refractivity contribution in [3.05, 3.63) is 42.4 Å². The van der Waals surface area contributed by atoms with Gasteiger partial charge < -0.3 is 4.74 Å². The van der Waals surface area contributed by atoms with E-state index in [1.54, 1.807) is 12.1 Å². The summed E-state index contributed by atoms with van der Waals surface area (Å²) in [5, 5.41) is 0. The van der Waals surface area contributed by atoms with Gasteiger partial charge in [0.25, 0.3) is 0 Å². The van der Waals surface area contributed by atoms with Crippen molar-refractivity contribution < 1.29 is 9.13 Å². The molecule has 0 N–H and O–H groups in total. The highest BCUT2D eigenvalue weighted by Crippen LogP contribution is 2.17. The molecule has 0 spiro atoms. The molecule has 58 valence electrons. The average Bonchev–Trinajstić information content (AvgIpc) is 1.98. The van der Waals surface area contributed by atoms with Gasteiger partial charge in [0.1, 0.15) is 0 Å². The maximum atomic E-state index is 12.8. The minimum absolute atomic E-state index is 0.222. The molecule has 0 bridgehead atoms. The van der Waals surface area contributed by atoms with Gasteiger partial charge >= 0.3 is 0 Å².